The molecule has 0 saturated carbocycles. The minimum atomic E-state index is -0.377. The lowest BCUT2D eigenvalue weighted by Crippen LogP contribution is -2.58. The lowest BCUT2D eigenvalue weighted by molar-refractivity contribution is -0.154. The van der Waals surface area contributed by atoms with Crippen LogP contribution in [-0.2, 0) is 9.59 Å². The van der Waals surface area contributed by atoms with E-state index in [4.69, 9.17) is 0 Å². The largest absolute Gasteiger partial charge is 0.332 e. The Morgan fingerprint density at radius 3 is 2.62 bits per heavy atom. The fourth-order valence-corrected chi connectivity index (χ4v) is 2.53. The Morgan fingerprint density at radius 2 is 1.95 bits per heavy atom. The van der Waals surface area contributed by atoms with Crippen LogP contribution in [0.2, 0.25) is 0 Å². The third-order valence-corrected chi connectivity index (χ3v) is 3.69. The Kier molecular flexibility index (Phi) is 5.14. The van der Waals surface area contributed by atoms with E-state index in [2.05, 4.69) is 0 Å². The maximum Gasteiger partial charge on any atom is 0.245 e. The van der Waals surface area contributed by atoms with E-state index >= 15 is 0 Å². The summed E-state index contributed by atoms with van der Waals surface area (Å²) < 4.78 is 0. The molecule has 1 aromatic rings. The highest BCUT2D eigenvalue weighted by molar-refractivity contribution is 5.94. The van der Waals surface area contributed by atoms with Gasteiger partial charge in [-0.15, -0.1) is 0 Å². The van der Waals surface area contributed by atoms with Crippen LogP contribution in [0, 0.1) is 0 Å². The zero-order chi connectivity index (χ0) is 15.2. The van der Waals surface area contributed by atoms with Gasteiger partial charge in [-0.1, -0.05) is 49.4 Å². The molecule has 0 aromatic heterocycles. The van der Waals surface area contributed by atoms with Gasteiger partial charge in [0, 0.05) is 13.1 Å². The van der Waals surface area contributed by atoms with Gasteiger partial charge in [-0.25, -0.2) is 0 Å². The fraction of sp³-hybridized carbons (Fsp3) is 0.412. The number of amides is 2. The molecule has 4 nitrogen and oxygen atoms in total. The standard InChI is InChI=1S/C17H22N2O2/c1-3-11-18-13-16(20)19(14(2)17(18)21)12-7-10-15-8-5-4-6-9-15/h4-10,14H,3,11-13H2,1-2H3/t14-/m1/s1. The van der Waals surface area contributed by atoms with Gasteiger partial charge in [0.15, 0.2) is 0 Å². The second-order valence-electron chi connectivity index (χ2n) is 5.29. The monoisotopic (exact) mass is 286 g/mol. The van der Waals surface area contributed by atoms with Crippen molar-refractivity contribution in [2.45, 2.75) is 26.3 Å². The summed E-state index contributed by atoms with van der Waals surface area (Å²) in [4.78, 5) is 27.7. The molecule has 1 atom stereocenters. The molecule has 1 heterocycles. The molecule has 0 aliphatic carbocycles. The highest BCUT2D eigenvalue weighted by atomic mass is 16.2. The van der Waals surface area contributed by atoms with Crippen molar-refractivity contribution in [1.29, 1.82) is 0 Å². The van der Waals surface area contributed by atoms with Gasteiger partial charge in [-0.2, -0.15) is 0 Å². The summed E-state index contributed by atoms with van der Waals surface area (Å²) in [7, 11) is 0. The molecule has 2 amide bonds. The molecule has 2 rings (SSSR count). The number of hydrogen-bond acceptors (Lipinski definition) is 2. The molecule has 0 unspecified atom stereocenters. The third kappa shape index (κ3) is 3.72. The van der Waals surface area contributed by atoms with Gasteiger partial charge in [0.2, 0.25) is 11.8 Å². The van der Waals surface area contributed by atoms with E-state index in [9.17, 15) is 9.59 Å². The Hall–Kier alpha value is -2.10. The van der Waals surface area contributed by atoms with Crippen LogP contribution in [0.4, 0.5) is 0 Å². The maximum atomic E-state index is 12.2. The average Bonchev–Trinajstić information content (AvgIpc) is 2.49. The first-order valence-electron chi connectivity index (χ1n) is 7.43. The first-order chi connectivity index (χ1) is 10.1. The average molecular weight is 286 g/mol. The lowest BCUT2D eigenvalue weighted by atomic mass is 10.1. The summed E-state index contributed by atoms with van der Waals surface area (Å²) in [5.74, 6) is 0.0674. The van der Waals surface area contributed by atoms with Crippen molar-refractivity contribution in [3.05, 3.63) is 42.0 Å². The highest BCUT2D eigenvalue weighted by Gasteiger charge is 2.35. The van der Waals surface area contributed by atoms with Crippen molar-refractivity contribution >= 4 is 17.9 Å². The molecule has 0 radical (unpaired) electrons. The second-order valence-corrected chi connectivity index (χ2v) is 5.29. The zero-order valence-electron chi connectivity index (χ0n) is 12.7. The van der Waals surface area contributed by atoms with Crippen LogP contribution in [0.3, 0.4) is 0 Å². The normalized spacial score (nSPS) is 19.6. The number of benzene rings is 1. The molecule has 0 bridgehead atoms. The first-order valence-corrected chi connectivity index (χ1v) is 7.43. The fourth-order valence-electron chi connectivity index (χ4n) is 2.53. The molecular formula is C17H22N2O2. The van der Waals surface area contributed by atoms with E-state index in [0.717, 1.165) is 12.0 Å². The van der Waals surface area contributed by atoms with Crippen molar-refractivity contribution in [3.8, 4) is 0 Å². The van der Waals surface area contributed by atoms with Crippen molar-refractivity contribution in [3.63, 3.8) is 0 Å². The van der Waals surface area contributed by atoms with Crippen molar-refractivity contribution < 1.29 is 9.59 Å². The maximum absolute atomic E-state index is 12.2. The molecule has 0 spiro atoms. The minimum absolute atomic E-state index is 0.0215. The van der Waals surface area contributed by atoms with Crippen molar-refractivity contribution in [1.82, 2.24) is 9.80 Å². The van der Waals surface area contributed by atoms with Crippen LogP contribution < -0.4 is 0 Å². The zero-order valence-corrected chi connectivity index (χ0v) is 12.7. The van der Waals surface area contributed by atoms with Crippen LogP contribution in [0.5, 0.6) is 0 Å². The van der Waals surface area contributed by atoms with E-state index in [1.165, 1.54) is 0 Å². The van der Waals surface area contributed by atoms with Gasteiger partial charge in [-0.3, -0.25) is 9.59 Å². The van der Waals surface area contributed by atoms with Crippen molar-refractivity contribution in [2.75, 3.05) is 19.6 Å². The number of carbonyl (C=O) groups excluding carboxylic acids is 2. The van der Waals surface area contributed by atoms with E-state index < -0.39 is 0 Å². The van der Waals surface area contributed by atoms with Crippen molar-refractivity contribution in [2.24, 2.45) is 0 Å². The van der Waals surface area contributed by atoms with Gasteiger partial charge in [0.25, 0.3) is 0 Å². The van der Waals surface area contributed by atoms with Gasteiger partial charge in [-0.05, 0) is 18.9 Å². The molecule has 21 heavy (non-hydrogen) atoms. The predicted octanol–water partition coefficient (Wildman–Crippen LogP) is 2.17. The van der Waals surface area contributed by atoms with E-state index in [1.807, 2.05) is 49.4 Å². The summed E-state index contributed by atoms with van der Waals surface area (Å²) in [5, 5.41) is 0. The molecule has 112 valence electrons. The molecule has 1 saturated heterocycles. The van der Waals surface area contributed by atoms with Crippen LogP contribution in [0.25, 0.3) is 6.08 Å². The number of carbonyl (C=O) groups is 2. The van der Waals surface area contributed by atoms with Crippen LogP contribution >= 0.6 is 0 Å². The summed E-state index contributed by atoms with van der Waals surface area (Å²) >= 11 is 0. The summed E-state index contributed by atoms with van der Waals surface area (Å²) in [5.41, 5.74) is 1.09. The van der Waals surface area contributed by atoms with Gasteiger partial charge >= 0.3 is 0 Å². The number of piperazine rings is 1. The predicted molar refractivity (Wildman–Crippen MR) is 83.5 cm³/mol. The Balaban J connectivity index is 1.99. The van der Waals surface area contributed by atoms with E-state index in [-0.39, 0.29) is 24.4 Å². The second kappa shape index (κ2) is 7.07. The molecule has 0 N–H and O–H groups in total. The molecule has 1 aliphatic rings. The molecular weight excluding hydrogens is 264 g/mol. The van der Waals surface area contributed by atoms with Crippen LogP contribution in [-0.4, -0.2) is 47.3 Å². The quantitative estimate of drug-likeness (QED) is 0.832. The first kappa shape index (κ1) is 15.3. The minimum Gasteiger partial charge on any atom is -0.332 e. The molecule has 1 fully saturated rings. The Bertz CT molecular complexity index is 525. The smallest absolute Gasteiger partial charge is 0.245 e. The van der Waals surface area contributed by atoms with Gasteiger partial charge in [0.05, 0.1) is 6.54 Å². The Labute approximate surface area is 126 Å². The number of rotatable bonds is 5. The van der Waals surface area contributed by atoms with Gasteiger partial charge in [0.1, 0.15) is 6.04 Å². The van der Waals surface area contributed by atoms with E-state index in [1.54, 1.807) is 16.7 Å². The Morgan fingerprint density at radius 1 is 1.24 bits per heavy atom. The third-order valence-electron chi connectivity index (χ3n) is 3.69. The highest BCUT2D eigenvalue weighted by Crippen LogP contribution is 2.13. The number of hydrogen-bond donors (Lipinski definition) is 0. The summed E-state index contributed by atoms with van der Waals surface area (Å²) in [6.45, 7) is 5.15. The van der Waals surface area contributed by atoms with Crippen LogP contribution in [0.1, 0.15) is 25.8 Å². The SMILES string of the molecule is CCCN1CC(=O)N(CC=Cc2ccccc2)[C@H](C)C1=O. The van der Waals surface area contributed by atoms with Gasteiger partial charge < -0.3 is 9.80 Å². The summed E-state index contributed by atoms with van der Waals surface area (Å²) in [6.07, 6.45) is 4.79. The molecule has 1 aromatic carbocycles. The lowest BCUT2D eigenvalue weighted by Gasteiger charge is -2.38. The van der Waals surface area contributed by atoms with Crippen LogP contribution in [0.15, 0.2) is 36.4 Å². The van der Waals surface area contributed by atoms with E-state index in [0.29, 0.717) is 13.1 Å². The molecule has 1 aliphatic heterocycles. The topological polar surface area (TPSA) is 40.6 Å². The number of nitrogens with zero attached hydrogens (tertiary/aromatic N) is 2. The molecule has 4 heteroatoms. The summed E-state index contributed by atoms with van der Waals surface area (Å²) in [6, 6.07) is 9.55.